The van der Waals surface area contributed by atoms with Crippen molar-refractivity contribution in [1.29, 1.82) is 5.26 Å². The number of hydrogen-bond acceptors (Lipinski definition) is 3. The van der Waals surface area contributed by atoms with Crippen molar-refractivity contribution in [2.24, 2.45) is 0 Å². The summed E-state index contributed by atoms with van der Waals surface area (Å²) in [6.45, 7) is 8.40. The highest BCUT2D eigenvalue weighted by Crippen LogP contribution is 2.24. The predicted molar refractivity (Wildman–Crippen MR) is 107 cm³/mol. The Labute approximate surface area is 155 Å². The number of amides is 1. The van der Waals surface area contributed by atoms with Crippen molar-refractivity contribution < 1.29 is 4.79 Å². The van der Waals surface area contributed by atoms with Crippen molar-refractivity contribution in [2.45, 2.75) is 39.5 Å². The van der Waals surface area contributed by atoms with Gasteiger partial charge in [-0.05, 0) is 41.2 Å². The zero-order valence-corrected chi connectivity index (χ0v) is 15.7. The van der Waals surface area contributed by atoms with Crippen LogP contribution in [-0.2, 0) is 4.79 Å². The van der Waals surface area contributed by atoms with Crippen LogP contribution in [0, 0.1) is 11.3 Å². The van der Waals surface area contributed by atoms with E-state index in [2.05, 4.69) is 38.3 Å². The molecule has 0 radical (unpaired) electrons. The Kier molecular flexibility index (Phi) is 6.57. The van der Waals surface area contributed by atoms with E-state index >= 15 is 0 Å². The highest BCUT2D eigenvalue weighted by atomic mass is 16.1. The first-order valence-electron chi connectivity index (χ1n) is 8.79. The first-order valence-corrected chi connectivity index (χ1v) is 8.79. The van der Waals surface area contributed by atoms with E-state index in [0.717, 1.165) is 16.9 Å². The van der Waals surface area contributed by atoms with Gasteiger partial charge in [-0.3, -0.25) is 4.79 Å². The van der Waals surface area contributed by atoms with E-state index in [0.29, 0.717) is 5.92 Å². The van der Waals surface area contributed by atoms with Gasteiger partial charge >= 0.3 is 0 Å². The van der Waals surface area contributed by atoms with E-state index in [9.17, 15) is 10.1 Å². The van der Waals surface area contributed by atoms with E-state index < -0.39 is 5.91 Å². The van der Waals surface area contributed by atoms with Gasteiger partial charge in [-0.2, -0.15) is 5.26 Å². The molecule has 0 saturated carbocycles. The molecule has 4 heteroatoms. The summed E-state index contributed by atoms with van der Waals surface area (Å²) in [5, 5.41) is 15.2. The molecular formula is C22H25N3O. The number of rotatable bonds is 6. The fourth-order valence-electron chi connectivity index (χ4n) is 2.57. The Balaban J connectivity index is 2.11. The minimum absolute atomic E-state index is 0.0245. The molecule has 0 saturated heterocycles. The summed E-state index contributed by atoms with van der Waals surface area (Å²) in [4.78, 5) is 12.4. The van der Waals surface area contributed by atoms with Crippen LogP contribution in [0.2, 0.25) is 0 Å². The number of nitrogens with one attached hydrogen (secondary N) is 2. The Morgan fingerprint density at radius 1 is 1.00 bits per heavy atom. The zero-order valence-electron chi connectivity index (χ0n) is 15.7. The molecule has 0 aliphatic heterocycles. The monoisotopic (exact) mass is 347 g/mol. The number of anilines is 2. The average molecular weight is 347 g/mol. The van der Waals surface area contributed by atoms with Gasteiger partial charge in [0.15, 0.2) is 0 Å². The Morgan fingerprint density at radius 2 is 1.65 bits per heavy atom. The zero-order chi connectivity index (χ0) is 19.1. The molecule has 4 nitrogen and oxygen atoms in total. The molecule has 0 aliphatic rings. The van der Waals surface area contributed by atoms with Gasteiger partial charge < -0.3 is 10.6 Å². The fourth-order valence-corrected chi connectivity index (χ4v) is 2.57. The summed E-state index contributed by atoms with van der Waals surface area (Å²) in [6.07, 6.45) is 1.44. The number of para-hydroxylation sites is 1. The molecule has 0 unspecified atom stereocenters. The summed E-state index contributed by atoms with van der Waals surface area (Å²) in [5.74, 6) is 0.312. The standard InChI is InChI=1S/C22H25N3O/c1-15(2)17-9-11-19(12-10-17)24-14-18(13-23)22(26)25-21-8-6-5-7-20(21)16(3)4/h5-12,14-16,24H,1-4H3,(H,25,26)/b18-14-. The van der Waals surface area contributed by atoms with Gasteiger partial charge in [-0.15, -0.1) is 0 Å². The highest BCUT2D eigenvalue weighted by molar-refractivity contribution is 6.07. The Bertz CT molecular complexity index is 827. The summed E-state index contributed by atoms with van der Waals surface area (Å²) in [5.41, 5.74) is 3.86. The molecule has 2 aromatic carbocycles. The highest BCUT2D eigenvalue weighted by Gasteiger charge is 2.13. The average Bonchev–Trinajstić information content (AvgIpc) is 2.63. The Hall–Kier alpha value is -3.06. The van der Waals surface area contributed by atoms with Crippen molar-refractivity contribution in [3.63, 3.8) is 0 Å². The third kappa shape index (κ3) is 4.97. The first kappa shape index (κ1) is 19.3. The first-order chi connectivity index (χ1) is 12.4. The molecular weight excluding hydrogens is 322 g/mol. The normalized spacial score (nSPS) is 11.3. The molecule has 26 heavy (non-hydrogen) atoms. The van der Waals surface area contributed by atoms with Crippen LogP contribution in [0.3, 0.4) is 0 Å². The van der Waals surface area contributed by atoms with Gasteiger partial charge in [-0.1, -0.05) is 58.0 Å². The van der Waals surface area contributed by atoms with E-state index in [4.69, 9.17) is 0 Å². The fraction of sp³-hybridized carbons (Fsp3) is 0.273. The molecule has 0 bridgehead atoms. The molecule has 2 N–H and O–H groups in total. The largest absolute Gasteiger partial charge is 0.360 e. The third-order valence-corrected chi connectivity index (χ3v) is 4.16. The maximum absolute atomic E-state index is 12.4. The lowest BCUT2D eigenvalue weighted by Gasteiger charge is -2.13. The van der Waals surface area contributed by atoms with Crippen LogP contribution in [-0.4, -0.2) is 5.91 Å². The van der Waals surface area contributed by atoms with Crippen molar-refractivity contribution >= 4 is 17.3 Å². The van der Waals surface area contributed by atoms with Gasteiger partial charge in [0.05, 0.1) is 0 Å². The molecule has 0 fully saturated rings. The molecule has 1 amide bonds. The summed E-state index contributed by atoms with van der Waals surface area (Å²) >= 11 is 0. The van der Waals surface area contributed by atoms with Gasteiger partial charge in [0.1, 0.15) is 11.6 Å². The van der Waals surface area contributed by atoms with Crippen LogP contribution in [0.15, 0.2) is 60.3 Å². The van der Waals surface area contributed by atoms with Crippen LogP contribution in [0.4, 0.5) is 11.4 Å². The minimum Gasteiger partial charge on any atom is -0.360 e. The number of carbonyl (C=O) groups is 1. The van der Waals surface area contributed by atoms with Crippen LogP contribution in [0.1, 0.15) is 50.7 Å². The topological polar surface area (TPSA) is 64.9 Å². The SMILES string of the molecule is CC(C)c1ccc(N/C=C(/C#N)C(=O)Nc2ccccc2C(C)C)cc1. The van der Waals surface area contributed by atoms with Crippen LogP contribution in [0.25, 0.3) is 0 Å². The number of nitrogens with zero attached hydrogens (tertiary/aromatic N) is 1. The van der Waals surface area contributed by atoms with E-state index in [-0.39, 0.29) is 11.5 Å². The van der Waals surface area contributed by atoms with Gasteiger partial charge in [0.2, 0.25) is 0 Å². The van der Waals surface area contributed by atoms with Crippen LogP contribution in [0.5, 0.6) is 0 Å². The number of nitriles is 1. The quantitative estimate of drug-likeness (QED) is 0.544. The molecule has 0 spiro atoms. The molecule has 0 atom stereocenters. The van der Waals surface area contributed by atoms with Crippen molar-refractivity contribution in [2.75, 3.05) is 10.6 Å². The second-order valence-corrected chi connectivity index (χ2v) is 6.79. The van der Waals surface area contributed by atoms with Crippen molar-refractivity contribution in [3.05, 3.63) is 71.4 Å². The maximum atomic E-state index is 12.4. The summed E-state index contributed by atoms with van der Waals surface area (Å²) < 4.78 is 0. The van der Waals surface area contributed by atoms with Crippen LogP contribution >= 0.6 is 0 Å². The molecule has 0 aromatic heterocycles. The van der Waals surface area contributed by atoms with E-state index in [1.54, 1.807) is 0 Å². The van der Waals surface area contributed by atoms with Crippen LogP contribution < -0.4 is 10.6 Å². The lowest BCUT2D eigenvalue weighted by molar-refractivity contribution is -0.112. The lowest BCUT2D eigenvalue weighted by atomic mass is 10.0. The summed E-state index contributed by atoms with van der Waals surface area (Å²) in [6, 6.07) is 17.5. The van der Waals surface area contributed by atoms with Crippen molar-refractivity contribution in [3.8, 4) is 6.07 Å². The van der Waals surface area contributed by atoms with E-state index in [1.165, 1.54) is 11.8 Å². The minimum atomic E-state index is -0.424. The smallest absolute Gasteiger partial charge is 0.267 e. The van der Waals surface area contributed by atoms with Gasteiger partial charge in [-0.25, -0.2) is 0 Å². The molecule has 0 aliphatic carbocycles. The number of carbonyl (C=O) groups excluding carboxylic acids is 1. The van der Waals surface area contributed by atoms with Gasteiger partial charge in [0, 0.05) is 17.6 Å². The lowest BCUT2D eigenvalue weighted by Crippen LogP contribution is -2.16. The second-order valence-electron chi connectivity index (χ2n) is 6.79. The maximum Gasteiger partial charge on any atom is 0.267 e. The molecule has 2 rings (SSSR count). The third-order valence-electron chi connectivity index (χ3n) is 4.16. The molecule has 0 heterocycles. The number of hydrogen-bond donors (Lipinski definition) is 2. The predicted octanol–water partition coefficient (Wildman–Crippen LogP) is 5.39. The number of benzene rings is 2. The van der Waals surface area contributed by atoms with Gasteiger partial charge in [0.25, 0.3) is 5.91 Å². The second kappa shape index (κ2) is 8.87. The molecule has 134 valence electrons. The summed E-state index contributed by atoms with van der Waals surface area (Å²) in [7, 11) is 0. The van der Waals surface area contributed by atoms with Crippen molar-refractivity contribution in [1.82, 2.24) is 0 Å². The van der Waals surface area contributed by atoms with E-state index in [1.807, 2.05) is 54.6 Å². The Morgan fingerprint density at radius 3 is 2.23 bits per heavy atom. The molecule has 2 aromatic rings.